The maximum atomic E-state index is 2.55. The van der Waals surface area contributed by atoms with Gasteiger partial charge >= 0.3 is 0 Å². The molecule has 0 atom stereocenters. The highest BCUT2D eigenvalue weighted by Gasteiger charge is 2.10. The van der Waals surface area contributed by atoms with Gasteiger partial charge in [-0.2, -0.15) is 0 Å². The summed E-state index contributed by atoms with van der Waals surface area (Å²) >= 11 is 0. The third kappa shape index (κ3) is 2.59. The Morgan fingerprint density at radius 3 is 2.69 bits per heavy atom. The second-order valence-electron chi connectivity index (χ2n) is 3.82. The van der Waals surface area contributed by atoms with Crippen LogP contribution in [-0.2, 0) is 6.54 Å². The molecule has 0 spiro atoms. The first-order valence-electron chi connectivity index (χ1n) is 5.21. The van der Waals surface area contributed by atoms with E-state index in [1.807, 2.05) is 0 Å². The summed E-state index contributed by atoms with van der Waals surface area (Å²) in [6.07, 6.45) is 4.19. The largest absolute Gasteiger partial charge is 0.341 e. The van der Waals surface area contributed by atoms with Crippen molar-refractivity contribution in [2.24, 2.45) is 0 Å². The van der Waals surface area contributed by atoms with Gasteiger partial charge in [-0.15, -0.1) is 0 Å². The van der Waals surface area contributed by atoms with Crippen molar-refractivity contribution >= 4 is 7.41 Å². The van der Waals surface area contributed by atoms with Gasteiger partial charge in [0.05, 0.1) is 0 Å². The van der Waals surface area contributed by atoms with E-state index in [2.05, 4.69) is 35.1 Å². The lowest BCUT2D eigenvalue weighted by atomic mass is 9.79. The van der Waals surface area contributed by atoms with Gasteiger partial charge in [-0.05, 0) is 18.5 Å². The van der Waals surface area contributed by atoms with Gasteiger partial charge in [0.25, 0.3) is 0 Å². The van der Waals surface area contributed by atoms with Crippen LogP contribution in [-0.4, -0.2) is 18.8 Å². The number of benzene rings is 1. The lowest BCUT2D eigenvalue weighted by Gasteiger charge is -2.25. The van der Waals surface area contributed by atoms with Crippen molar-refractivity contribution in [3.8, 4) is 0 Å². The average Bonchev–Trinajstić information content (AvgIpc) is 2.21. The third-order valence-corrected chi connectivity index (χ3v) is 2.70. The van der Waals surface area contributed by atoms with Crippen molar-refractivity contribution in [3.63, 3.8) is 0 Å². The van der Waals surface area contributed by atoms with Gasteiger partial charge < -0.3 is 4.81 Å². The summed E-state index contributed by atoms with van der Waals surface area (Å²) < 4.78 is 0. The van der Waals surface area contributed by atoms with E-state index >= 15 is 0 Å². The number of nitrogens with zero attached hydrogens (tertiary/aromatic N) is 1. The fourth-order valence-corrected chi connectivity index (χ4v) is 1.96. The van der Waals surface area contributed by atoms with Gasteiger partial charge in [0, 0.05) is 6.54 Å². The van der Waals surface area contributed by atoms with E-state index < -0.39 is 0 Å². The Labute approximate surface area is 81.0 Å². The van der Waals surface area contributed by atoms with Crippen LogP contribution in [0.15, 0.2) is 30.3 Å². The molecule has 68 valence electrons. The van der Waals surface area contributed by atoms with Crippen molar-refractivity contribution in [1.82, 2.24) is 4.81 Å². The summed E-state index contributed by atoms with van der Waals surface area (Å²) in [6.45, 7) is 2.43. The zero-order valence-electron chi connectivity index (χ0n) is 8.08. The molecule has 1 aliphatic heterocycles. The minimum Gasteiger partial charge on any atom is -0.341 e. The van der Waals surface area contributed by atoms with Gasteiger partial charge in [-0.1, -0.05) is 43.1 Å². The van der Waals surface area contributed by atoms with Gasteiger partial charge in [0.2, 0.25) is 7.41 Å². The molecule has 0 N–H and O–H groups in total. The Morgan fingerprint density at radius 2 is 2.00 bits per heavy atom. The monoisotopic (exact) mass is 173 g/mol. The molecule has 1 saturated heterocycles. The molecule has 1 aromatic rings. The molecule has 13 heavy (non-hydrogen) atoms. The molecule has 2 heteroatoms. The Bertz CT molecular complexity index is 242. The summed E-state index contributed by atoms with van der Waals surface area (Å²) in [5.41, 5.74) is 1.45. The molecule has 0 amide bonds. The van der Waals surface area contributed by atoms with E-state index in [0.717, 1.165) is 6.54 Å². The summed E-state index contributed by atoms with van der Waals surface area (Å²) in [5, 5.41) is 0. The molecule has 0 aromatic heterocycles. The van der Waals surface area contributed by atoms with E-state index in [9.17, 15) is 0 Å². The van der Waals surface area contributed by atoms with Crippen molar-refractivity contribution < 1.29 is 0 Å². The highest BCUT2D eigenvalue weighted by molar-refractivity contribution is 6.32. The third-order valence-electron chi connectivity index (χ3n) is 2.70. The topological polar surface area (TPSA) is 3.24 Å². The summed E-state index contributed by atoms with van der Waals surface area (Å²) in [4.78, 5) is 2.55. The van der Waals surface area contributed by atoms with Crippen molar-refractivity contribution in [2.45, 2.75) is 25.7 Å². The van der Waals surface area contributed by atoms with Crippen LogP contribution in [0.25, 0.3) is 0 Å². The maximum Gasteiger partial charge on any atom is 0.204 e. The van der Waals surface area contributed by atoms with Crippen LogP contribution >= 0.6 is 0 Å². The first-order chi connectivity index (χ1) is 6.45. The number of hydrogen-bond donors (Lipinski definition) is 0. The lowest BCUT2D eigenvalue weighted by Crippen LogP contribution is -2.31. The molecule has 1 aromatic carbocycles. The van der Waals surface area contributed by atoms with Crippen molar-refractivity contribution in [2.75, 3.05) is 6.54 Å². The minimum atomic E-state index is 1.14. The van der Waals surface area contributed by atoms with Crippen LogP contribution in [0.1, 0.15) is 18.4 Å². The average molecular weight is 173 g/mol. The fourth-order valence-electron chi connectivity index (χ4n) is 1.96. The Balaban J connectivity index is 1.90. The molecule has 0 unspecified atom stereocenters. The molecular weight excluding hydrogens is 157 g/mol. The smallest absolute Gasteiger partial charge is 0.204 e. The highest BCUT2D eigenvalue weighted by Crippen LogP contribution is 2.11. The zero-order valence-corrected chi connectivity index (χ0v) is 8.08. The summed E-state index contributed by atoms with van der Waals surface area (Å²) in [6, 6.07) is 10.8. The molecule has 1 fully saturated rings. The van der Waals surface area contributed by atoms with Crippen LogP contribution in [0.3, 0.4) is 0 Å². The molecule has 1 aliphatic rings. The van der Waals surface area contributed by atoms with Gasteiger partial charge in [0.1, 0.15) is 0 Å². The van der Waals surface area contributed by atoms with Crippen LogP contribution in [0.2, 0.25) is 6.32 Å². The number of hydrogen-bond acceptors (Lipinski definition) is 1. The Morgan fingerprint density at radius 1 is 1.15 bits per heavy atom. The second kappa shape index (κ2) is 4.47. The van der Waals surface area contributed by atoms with E-state index in [-0.39, 0.29) is 0 Å². The van der Waals surface area contributed by atoms with Crippen LogP contribution in [0, 0.1) is 0 Å². The van der Waals surface area contributed by atoms with Crippen LogP contribution in [0.5, 0.6) is 0 Å². The quantitative estimate of drug-likeness (QED) is 0.618. The van der Waals surface area contributed by atoms with E-state index in [1.165, 1.54) is 38.7 Å². The molecule has 0 bridgehead atoms. The minimum absolute atomic E-state index is 1.14. The van der Waals surface area contributed by atoms with E-state index in [4.69, 9.17) is 0 Å². The molecule has 0 saturated carbocycles. The lowest BCUT2D eigenvalue weighted by molar-refractivity contribution is 0.402. The predicted molar refractivity (Wildman–Crippen MR) is 58.0 cm³/mol. The fraction of sp³-hybridized carbons (Fsp3) is 0.455. The predicted octanol–water partition coefficient (Wildman–Crippen LogP) is 2.05. The molecule has 1 nitrogen and oxygen atoms in total. The van der Waals surface area contributed by atoms with Crippen molar-refractivity contribution in [1.29, 1.82) is 0 Å². The van der Waals surface area contributed by atoms with Crippen LogP contribution in [0.4, 0.5) is 0 Å². The van der Waals surface area contributed by atoms with Crippen molar-refractivity contribution in [3.05, 3.63) is 35.9 Å². The summed E-state index contributed by atoms with van der Waals surface area (Å²) in [7, 11) is 1.29. The highest BCUT2D eigenvalue weighted by atomic mass is 15.0. The Hall–Kier alpha value is -0.755. The molecule has 0 aliphatic carbocycles. The van der Waals surface area contributed by atoms with Gasteiger partial charge in [-0.25, -0.2) is 0 Å². The Kier molecular flexibility index (Phi) is 3.04. The normalized spacial score (nSPS) is 18.2. The second-order valence-corrected chi connectivity index (χ2v) is 3.82. The molecule has 0 radical (unpaired) electrons. The standard InChI is InChI=1S/C11H16BN/c1-2-6-11(7-3-1)10-13-9-5-4-8-12-13/h1-3,6-7,12H,4-5,8-10H2. The molecular formula is C11H16BN. The maximum absolute atomic E-state index is 2.55. The van der Waals surface area contributed by atoms with Gasteiger partial charge in [-0.3, -0.25) is 0 Å². The first kappa shape index (κ1) is 8.83. The van der Waals surface area contributed by atoms with Crippen LogP contribution < -0.4 is 0 Å². The number of rotatable bonds is 2. The SMILES string of the molecule is B1CCCCN1Cc1ccccc1. The van der Waals surface area contributed by atoms with Gasteiger partial charge in [0.15, 0.2) is 0 Å². The zero-order chi connectivity index (χ0) is 8.93. The molecule has 2 rings (SSSR count). The first-order valence-corrected chi connectivity index (χ1v) is 5.21. The van der Waals surface area contributed by atoms with E-state index in [1.54, 1.807) is 0 Å². The van der Waals surface area contributed by atoms with E-state index in [0.29, 0.717) is 0 Å². The summed E-state index contributed by atoms with van der Waals surface area (Å²) in [5.74, 6) is 0. The molecule has 1 heterocycles.